The molecule has 1 saturated heterocycles. The number of carbonyl (C=O) groups is 4. The first-order chi connectivity index (χ1) is 16.8. The molecule has 0 saturated carbocycles. The molecule has 0 aliphatic carbocycles. The Labute approximate surface area is 215 Å². The molecule has 0 bridgehead atoms. The van der Waals surface area contributed by atoms with Gasteiger partial charge in [0.05, 0.1) is 0 Å². The first-order valence-electron chi connectivity index (χ1n) is 11.5. The van der Waals surface area contributed by atoms with Gasteiger partial charge in [0, 0.05) is 33.8 Å². The molecule has 2 aliphatic heterocycles. The summed E-state index contributed by atoms with van der Waals surface area (Å²) in [5, 5.41) is 4.04. The van der Waals surface area contributed by atoms with Gasteiger partial charge in [0.15, 0.2) is 0 Å². The van der Waals surface area contributed by atoms with Crippen molar-refractivity contribution in [1.82, 2.24) is 15.5 Å². The number of fused-ring (bicyclic) bond motifs is 1. The zero-order valence-electron chi connectivity index (χ0n) is 20.2. The van der Waals surface area contributed by atoms with Gasteiger partial charge in [0.25, 0.3) is 11.8 Å². The monoisotopic (exact) mass is 509 g/mol. The maximum absolute atomic E-state index is 14.8. The molecule has 2 aromatic carbocycles. The number of imide groups is 1. The van der Waals surface area contributed by atoms with Crippen LogP contribution in [0.4, 0.5) is 8.78 Å². The van der Waals surface area contributed by atoms with E-state index in [2.05, 4.69) is 10.6 Å². The Hall–Kier alpha value is -3.07. The van der Waals surface area contributed by atoms with Crippen LogP contribution >= 0.6 is 11.6 Å². The highest BCUT2D eigenvalue weighted by atomic mass is 35.5. The Morgan fingerprint density at radius 1 is 1.17 bits per heavy atom. The van der Waals surface area contributed by atoms with Gasteiger partial charge in [-0.3, -0.25) is 24.5 Å². The van der Waals surface area contributed by atoms with E-state index in [-0.39, 0.29) is 29.7 Å². The fraction of sp³-hybridized carbons (Fsp3) is 0.273. The maximum Gasteiger partial charge on any atom is 0.349 e. The third kappa shape index (κ3) is 4.23. The van der Waals surface area contributed by atoms with Crippen LogP contribution in [-0.2, 0) is 25.6 Å². The highest BCUT2D eigenvalue weighted by Gasteiger charge is 2.50. The van der Waals surface area contributed by atoms with E-state index >= 15 is 0 Å². The molecule has 1 fully saturated rings. The van der Waals surface area contributed by atoms with E-state index in [1.807, 2.05) is 0 Å². The second kappa shape index (κ2) is 9.10. The Bertz CT molecular complexity index is 1290. The van der Waals surface area contributed by atoms with Gasteiger partial charge in [-0.15, -0.1) is 0 Å². The van der Waals surface area contributed by atoms with Gasteiger partial charge in [-0.2, -0.15) is 8.78 Å². The summed E-state index contributed by atoms with van der Waals surface area (Å²) >= 11 is 5.77. The molecule has 14 heteroatoms. The van der Waals surface area contributed by atoms with Crippen molar-refractivity contribution in [2.24, 2.45) is 0 Å². The first-order valence-corrected chi connectivity index (χ1v) is 11.9. The summed E-state index contributed by atoms with van der Waals surface area (Å²) in [6, 6.07) is 7.19. The lowest BCUT2D eigenvalue weighted by Crippen LogP contribution is -2.59. The standard InChI is InChI=1S/C22H22B4ClF2N3O4/c23-16-12(17(24)31-20(36)21(28,29)9-1-3-10(27)4-2-9)6-5-11-15(16)22(25,26)32(19(11)35)13-7-8-14(33)30-18(13)34/h1-6,13,17H,7-8,23-26H2,(H,31,36)(H,30,33,34). The lowest BCUT2D eigenvalue weighted by atomic mass is 9.54. The third-order valence-electron chi connectivity index (χ3n) is 7.00. The topological polar surface area (TPSA) is 95.6 Å². The summed E-state index contributed by atoms with van der Waals surface area (Å²) in [5.74, 6) is -7.28. The lowest BCUT2D eigenvalue weighted by Gasteiger charge is -2.40. The van der Waals surface area contributed by atoms with Gasteiger partial charge in [0.2, 0.25) is 11.8 Å². The molecule has 2 N–H and O–H groups in total. The summed E-state index contributed by atoms with van der Waals surface area (Å²) in [6.07, 6.45) is 0.341. The summed E-state index contributed by atoms with van der Waals surface area (Å²) in [7, 11) is 6.95. The molecule has 0 aromatic heterocycles. The number of benzene rings is 2. The van der Waals surface area contributed by atoms with Crippen molar-refractivity contribution < 1.29 is 28.0 Å². The van der Waals surface area contributed by atoms with Crippen molar-refractivity contribution in [2.75, 3.05) is 0 Å². The highest BCUT2D eigenvalue weighted by molar-refractivity contribution is 6.47. The van der Waals surface area contributed by atoms with Crippen molar-refractivity contribution in [1.29, 1.82) is 0 Å². The van der Waals surface area contributed by atoms with E-state index in [1.165, 1.54) is 17.0 Å². The zero-order chi connectivity index (χ0) is 26.6. The lowest BCUT2D eigenvalue weighted by molar-refractivity contribution is -0.147. The number of amides is 4. The molecule has 0 radical (unpaired) electrons. The number of carbonyl (C=O) groups excluding carboxylic acids is 4. The molecule has 2 heterocycles. The van der Waals surface area contributed by atoms with E-state index in [4.69, 9.17) is 11.6 Å². The number of halogens is 3. The maximum atomic E-state index is 14.8. The number of nitrogens with zero attached hydrogens (tertiary/aromatic N) is 1. The molecule has 36 heavy (non-hydrogen) atoms. The van der Waals surface area contributed by atoms with Crippen LogP contribution in [0.5, 0.6) is 0 Å². The van der Waals surface area contributed by atoms with Crippen LogP contribution in [0.25, 0.3) is 0 Å². The van der Waals surface area contributed by atoms with Crippen molar-refractivity contribution in [3.63, 3.8) is 0 Å². The van der Waals surface area contributed by atoms with Crippen LogP contribution in [0.3, 0.4) is 0 Å². The van der Waals surface area contributed by atoms with Crippen molar-refractivity contribution in [3.8, 4) is 0 Å². The second-order valence-electron chi connectivity index (χ2n) is 9.68. The van der Waals surface area contributed by atoms with Crippen molar-refractivity contribution in [2.45, 2.75) is 36.1 Å². The first kappa shape index (κ1) is 26.0. The fourth-order valence-electron chi connectivity index (χ4n) is 5.28. The molecule has 2 aromatic rings. The quantitative estimate of drug-likeness (QED) is 0.353. The van der Waals surface area contributed by atoms with Gasteiger partial charge in [-0.1, -0.05) is 35.3 Å². The number of piperidine rings is 1. The van der Waals surface area contributed by atoms with Crippen LogP contribution in [0, 0.1) is 0 Å². The highest BCUT2D eigenvalue weighted by Crippen LogP contribution is 2.38. The molecule has 4 amide bonds. The number of hydrogen-bond acceptors (Lipinski definition) is 4. The van der Waals surface area contributed by atoms with Crippen LogP contribution in [-0.4, -0.2) is 66.0 Å². The smallest absolute Gasteiger partial charge is 0.349 e. The predicted molar refractivity (Wildman–Crippen MR) is 141 cm³/mol. The molecule has 2 aliphatic rings. The Morgan fingerprint density at radius 3 is 2.42 bits per heavy atom. The number of hydrogen-bond donors (Lipinski definition) is 2. The van der Waals surface area contributed by atoms with Crippen LogP contribution in [0.2, 0.25) is 5.02 Å². The molecule has 0 spiro atoms. The number of alkyl halides is 2. The van der Waals surface area contributed by atoms with Crippen LogP contribution < -0.4 is 16.1 Å². The average molecular weight is 509 g/mol. The summed E-state index contributed by atoms with van der Waals surface area (Å²) in [4.78, 5) is 51.5. The van der Waals surface area contributed by atoms with Gasteiger partial charge in [-0.25, -0.2) is 0 Å². The van der Waals surface area contributed by atoms with Crippen molar-refractivity contribution in [3.05, 3.63) is 63.7 Å². The molecule has 2 atom stereocenters. The van der Waals surface area contributed by atoms with E-state index in [1.54, 1.807) is 43.5 Å². The van der Waals surface area contributed by atoms with Crippen LogP contribution in [0.15, 0.2) is 36.4 Å². The molecular weight excluding hydrogens is 487 g/mol. The van der Waals surface area contributed by atoms with E-state index in [9.17, 15) is 28.0 Å². The van der Waals surface area contributed by atoms with Crippen molar-refractivity contribution >= 4 is 72.1 Å². The van der Waals surface area contributed by atoms with Gasteiger partial charge in [0.1, 0.15) is 37.4 Å². The molecule has 7 nitrogen and oxygen atoms in total. The minimum atomic E-state index is -3.78. The summed E-state index contributed by atoms with van der Waals surface area (Å²) in [6.45, 7) is 0. The van der Waals surface area contributed by atoms with Gasteiger partial charge < -0.3 is 10.2 Å². The van der Waals surface area contributed by atoms with E-state index < -0.39 is 40.6 Å². The van der Waals surface area contributed by atoms with Crippen LogP contribution in [0.1, 0.15) is 45.8 Å². The third-order valence-corrected chi connectivity index (χ3v) is 7.25. The predicted octanol–water partition coefficient (Wildman–Crippen LogP) is -2.22. The second-order valence-corrected chi connectivity index (χ2v) is 10.1. The Balaban J connectivity index is 1.62. The fourth-order valence-corrected chi connectivity index (χ4v) is 5.41. The van der Waals surface area contributed by atoms with E-state index in [0.717, 1.165) is 12.1 Å². The van der Waals surface area contributed by atoms with Gasteiger partial charge >= 0.3 is 5.92 Å². The zero-order valence-corrected chi connectivity index (χ0v) is 21.0. The SMILES string of the molecule is Bc1c(C(B)NC(=O)C(F)(F)c2ccc(Cl)cc2)ccc2c1C(B)(B)N(C1CCC(=O)NC1=O)C2=O. The molecule has 182 valence electrons. The average Bonchev–Trinajstić information content (AvgIpc) is 3.00. The normalized spacial score (nSPS) is 20.0. The van der Waals surface area contributed by atoms with E-state index in [0.29, 0.717) is 22.2 Å². The number of rotatable bonds is 5. The molecule has 4 rings (SSSR count). The largest absolute Gasteiger partial charge is 0.352 e. The minimum Gasteiger partial charge on any atom is -0.352 e. The van der Waals surface area contributed by atoms with Gasteiger partial charge in [-0.05, 0) is 35.7 Å². The molecular formula is C22H22B4ClF2N3O4. The summed E-state index contributed by atoms with van der Waals surface area (Å²) < 4.78 is 29.6. The Kier molecular flexibility index (Phi) is 6.58. The summed E-state index contributed by atoms with van der Waals surface area (Å²) in [5.41, 5.74) is 1.80. The minimum absolute atomic E-state index is 0.127. The Morgan fingerprint density at radius 2 is 1.81 bits per heavy atom. The molecule has 2 unspecified atom stereocenters. The number of nitrogens with one attached hydrogen (secondary N) is 2.